The number of carboxylic acid groups (broad SMARTS) is 1. The minimum absolute atomic E-state index is 0.00545. The zero-order valence-electron chi connectivity index (χ0n) is 18.4. The van der Waals surface area contributed by atoms with Gasteiger partial charge in [0, 0.05) is 18.2 Å². The van der Waals surface area contributed by atoms with Gasteiger partial charge >= 0.3 is 0 Å². The van der Waals surface area contributed by atoms with Crippen LogP contribution in [0.5, 0.6) is 0 Å². The van der Waals surface area contributed by atoms with Crippen LogP contribution in [-0.4, -0.2) is 60.4 Å². The van der Waals surface area contributed by atoms with Crippen LogP contribution < -0.4 is 16.6 Å². The Kier molecular flexibility index (Phi) is 7.41. The minimum Gasteiger partial charge on any atom is -0.483 e. The number of fused-ring (bicyclic) bond motifs is 2. The maximum Gasteiger partial charge on any atom is 0.290 e. The number of anilines is 1. The Morgan fingerprint density at radius 1 is 1.36 bits per heavy atom. The number of carbonyl (C=O) groups is 3. The van der Waals surface area contributed by atoms with Crippen molar-refractivity contribution in [1.29, 1.82) is 0 Å². The molecular weight excluding hydrogens is 450 g/mol. The summed E-state index contributed by atoms with van der Waals surface area (Å²) in [5.74, 6) is -0.239. The zero-order valence-corrected chi connectivity index (χ0v) is 19.2. The number of hydrogen-bond acceptors (Lipinski definition) is 9. The van der Waals surface area contributed by atoms with E-state index in [1.165, 1.54) is 22.1 Å². The van der Waals surface area contributed by atoms with Crippen LogP contribution in [0.15, 0.2) is 16.9 Å². The second-order valence-corrected chi connectivity index (χ2v) is 9.15. The van der Waals surface area contributed by atoms with Crippen molar-refractivity contribution in [3.05, 3.63) is 33.2 Å². The Bertz CT molecular complexity index is 1090. The first-order valence-corrected chi connectivity index (χ1v) is 11.4. The average Bonchev–Trinajstić information content (AvgIpc) is 3.48. The first kappa shape index (κ1) is 24.3. The smallest absolute Gasteiger partial charge is 0.290 e. The highest BCUT2D eigenvalue weighted by molar-refractivity contribution is 7.15. The second kappa shape index (κ2) is 10.1. The minimum atomic E-state index is -0.639. The van der Waals surface area contributed by atoms with Crippen molar-refractivity contribution in [3.63, 3.8) is 0 Å². The van der Waals surface area contributed by atoms with Crippen LogP contribution in [0.4, 0.5) is 5.13 Å². The normalized spacial score (nSPS) is 23.0. The summed E-state index contributed by atoms with van der Waals surface area (Å²) in [6, 6.07) is 2.87. The number of aromatic nitrogens is 4. The van der Waals surface area contributed by atoms with Gasteiger partial charge in [-0.15, -0.1) is 10.2 Å². The standard InChI is InChI=1S/C19H25N7O3S.CH2O2/c1-3-19(17(29)21-9-14-22-23-18(20)30-14)8-12-5-6-13(19)26(12)16(28)10-25-15(27)7-4-11(2)24-25;2-1-3/h4,7,12-13H,3,5-6,8-10H2,1-2H3,(H2,20,23)(H,21,29);1H,(H,2,3)/t12-,13+,19+;/m1./s1. The number of rotatable bonds is 6. The molecule has 13 heteroatoms. The van der Waals surface area contributed by atoms with Crippen molar-refractivity contribution >= 4 is 34.8 Å². The van der Waals surface area contributed by atoms with Crippen LogP contribution in [0.1, 0.15) is 43.3 Å². The van der Waals surface area contributed by atoms with Gasteiger partial charge in [0.15, 0.2) is 0 Å². The van der Waals surface area contributed by atoms with Crippen LogP contribution in [0.25, 0.3) is 0 Å². The van der Waals surface area contributed by atoms with Crippen LogP contribution >= 0.6 is 11.3 Å². The summed E-state index contributed by atoms with van der Waals surface area (Å²) in [5.41, 5.74) is 5.33. The predicted octanol–water partition coefficient (Wildman–Crippen LogP) is 0.162. The van der Waals surface area contributed by atoms with Crippen LogP contribution in [0.3, 0.4) is 0 Å². The van der Waals surface area contributed by atoms with E-state index in [9.17, 15) is 14.4 Å². The first-order valence-electron chi connectivity index (χ1n) is 10.6. The summed E-state index contributed by atoms with van der Waals surface area (Å²) in [6.07, 6.45) is 2.90. The van der Waals surface area contributed by atoms with Crippen LogP contribution in [0.2, 0.25) is 0 Å². The molecule has 0 saturated carbocycles. The zero-order chi connectivity index (χ0) is 24.2. The third-order valence-electron chi connectivity index (χ3n) is 6.28. The van der Waals surface area contributed by atoms with Gasteiger partial charge in [-0.2, -0.15) is 5.10 Å². The van der Waals surface area contributed by atoms with E-state index < -0.39 is 5.41 Å². The molecule has 4 heterocycles. The van der Waals surface area contributed by atoms with Gasteiger partial charge in [0.25, 0.3) is 12.0 Å². The highest BCUT2D eigenvalue weighted by Gasteiger charge is 2.60. The average molecular weight is 478 g/mol. The van der Waals surface area contributed by atoms with Crippen LogP contribution in [-0.2, 0) is 27.5 Å². The molecule has 0 unspecified atom stereocenters. The number of carbonyl (C=O) groups excluding carboxylic acids is 2. The summed E-state index contributed by atoms with van der Waals surface area (Å²) in [7, 11) is 0. The Labute approximate surface area is 193 Å². The third-order valence-corrected chi connectivity index (χ3v) is 7.03. The number of nitrogens with zero attached hydrogens (tertiary/aromatic N) is 5. The highest BCUT2D eigenvalue weighted by Crippen LogP contribution is 2.52. The summed E-state index contributed by atoms with van der Waals surface area (Å²) in [6.45, 7) is 3.67. The molecule has 0 aliphatic carbocycles. The lowest BCUT2D eigenvalue weighted by Gasteiger charge is -2.35. The topological polar surface area (TPSA) is 173 Å². The number of amides is 2. The molecule has 4 N–H and O–H groups in total. The van der Waals surface area contributed by atoms with E-state index in [1.807, 2.05) is 11.8 Å². The van der Waals surface area contributed by atoms with Gasteiger partial charge in [-0.25, -0.2) is 4.68 Å². The molecule has 2 aromatic rings. The molecule has 2 saturated heterocycles. The number of nitrogen functional groups attached to an aromatic ring is 1. The molecule has 33 heavy (non-hydrogen) atoms. The molecule has 2 fully saturated rings. The lowest BCUT2D eigenvalue weighted by atomic mass is 9.71. The largest absolute Gasteiger partial charge is 0.483 e. The molecule has 2 aliphatic heterocycles. The monoisotopic (exact) mass is 477 g/mol. The molecule has 12 nitrogen and oxygen atoms in total. The lowest BCUT2D eigenvalue weighted by molar-refractivity contribution is -0.137. The molecule has 0 aromatic carbocycles. The van der Waals surface area contributed by atoms with E-state index in [4.69, 9.17) is 15.6 Å². The number of nitrogens with one attached hydrogen (secondary N) is 1. The molecule has 178 valence electrons. The van der Waals surface area contributed by atoms with E-state index in [1.54, 1.807) is 13.0 Å². The van der Waals surface area contributed by atoms with Gasteiger partial charge in [0.2, 0.25) is 16.9 Å². The summed E-state index contributed by atoms with van der Waals surface area (Å²) < 4.78 is 1.20. The Morgan fingerprint density at radius 3 is 2.73 bits per heavy atom. The van der Waals surface area contributed by atoms with Gasteiger partial charge in [0.05, 0.1) is 17.7 Å². The van der Waals surface area contributed by atoms with Crippen LogP contribution in [0, 0.1) is 12.3 Å². The lowest BCUT2D eigenvalue weighted by Crippen LogP contribution is -2.50. The van der Waals surface area contributed by atoms with E-state index in [0.717, 1.165) is 12.8 Å². The van der Waals surface area contributed by atoms with Crippen molar-refractivity contribution in [3.8, 4) is 0 Å². The van der Waals surface area contributed by atoms with Crippen molar-refractivity contribution in [2.75, 3.05) is 5.73 Å². The SMILES string of the molecule is CC[C@]1(C(=O)NCc2nnc(N)s2)C[C@H]2CC[C@@H]1N2C(=O)Cn1nc(C)ccc1=O.O=CO. The summed E-state index contributed by atoms with van der Waals surface area (Å²) in [4.78, 5) is 48.6. The Morgan fingerprint density at radius 2 is 2.09 bits per heavy atom. The molecule has 2 bridgehead atoms. The van der Waals surface area contributed by atoms with Gasteiger partial charge < -0.3 is 21.1 Å². The summed E-state index contributed by atoms with van der Waals surface area (Å²) in [5, 5.41) is 22.7. The van der Waals surface area contributed by atoms with Crippen molar-refractivity contribution in [2.45, 2.75) is 64.7 Å². The quantitative estimate of drug-likeness (QED) is 0.490. The molecule has 4 rings (SSSR count). The maximum absolute atomic E-state index is 13.2. The number of hydrogen-bond donors (Lipinski definition) is 3. The van der Waals surface area contributed by atoms with Crippen molar-refractivity contribution in [1.82, 2.24) is 30.2 Å². The molecule has 3 atom stereocenters. The van der Waals surface area contributed by atoms with Crippen molar-refractivity contribution in [2.24, 2.45) is 5.41 Å². The molecule has 2 amide bonds. The third kappa shape index (κ3) is 4.87. The number of aryl methyl sites for hydroxylation is 1. The predicted molar refractivity (Wildman–Crippen MR) is 119 cm³/mol. The molecule has 2 aliphatic rings. The molecule has 0 radical (unpaired) electrons. The molecule has 2 aromatic heterocycles. The second-order valence-electron chi connectivity index (χ2n) is 8.05. The Hall–Kier alpha value is -3.35. The van der Waals surface area contributed by atoms with Gasteiger partial charge in [0.1, 0.15) is 11.6 Å². The fourth-order valence-corrected chi connectivity index (χ4v) is 5.44. The van der Waals surface area contributed by atoms with E-state index in [2.05, 4.69) is 20.6 Å². The van der Waals surface area contributed by atoms with Gasteiger partial charge in [-0.05, 0) is 38.7 Å². The van der Waals surface area contributed by atoms with Gasteiger partial charge in [-0.1, -0.05) is 18.3 Å². The first-order chi connectivity index (χ1) is 15.7. The van der Waals surface area contributed by atoms with Gasteiger partial charge in [-0.3, -0.25) is 19.2 Å². The molecular formula is C20H27N7O5S. The maximum atomic E-state index is 13.2. The fraction of sp³-hybridized carbons (Fsp3) is 0.550. The summed E-state index contributed by atoms with van der Waals surface area (Å²) >= 11 is 1.24. The number of nitrogens with two attached hydrogens (primary N) is 1. The fourth-order valence-electron chi connectivity index (χ4n) is 4.89. The molecule has 0 spiro atoms. The highest BCUT2D eigenvalue weighted by atomic mass is 32.1. The van der Waals surface area contributed by atoms with E-state index in [-0.39, 0.29) is 49.0 Å². The Balaban J connectivity index is 0.000000968. The van der Waals surface area contributed by atoms with Crippen molar-refractivity contribution < 1.29 is 19.5 Å². The van der Waals surface area contributed by atoms with E-state index in [0.29, 0.717) is 28.7 Å². The van der Waals surface area contributed by atoms with E-state index >= 15 is 0 Å².